The van der Waals surface area contributed by atoms with E-state index in [0.717, 1.165) is 17.7 Å². The lowest BCUT2D eigenvalue weighted by Gasteiger charge is -2.23. The molecule has 3 aromatic rings. The molecule has 0 aliphatic carbocycles. The van der Waals surface area contributed by atoms with Crippen molar-refractivity contribution < 1.29 is 17.9 Å². The molecule has 166 valence electrons. The van der Waals surface area contributed by atoms with Gasteiger partial charge in [-0.3, -0.25) is 9.52 Å². The Morgan fingerprint density at radius 2 is 1.81 bits per heavy atom. The molecular formula is C23H20Cl2N2O4S. The van der Waals surface area contributed by atoms with Gasteiger partial charge in [0.15, 0.2) is 6.61 Å². The van der Waals surface area contributed by atoms with E-state index in [-0.39, 0.29) is 34.2 Å². The third-order valence-electron chi connectivity index (χ3n) is 5.14. The molecule has 1 atom stereocenters. The zero-order valence-electron chi connectivity index (χ0n) is 17.1. The number of amides is 1. The fraction of sp³-hybridized carbons (Fsp3) is 0.174. The van der Waals surface area contributed by atoms with Crippen LogP contribution in [0, 0.1) is 0 Å². The number of benzene rings is 3. The van der Waals surface area contributed by atoms with Crippen molar-refractivity contribution in [3.05, 3.63) is 82.3 Å². The second-order valence-corrected chi connectivity index (χ2v) is 9.96. The first kappa shape index (κ1) is 22.5. The Morgan fingerprint density at radius 1 is 1.09 bits per heavy atom. The first-order chi connectivity index (χ1) is 15.2. The molecule has 1 heterocycles. The van der Waals surface area contributed by atoms with Crippen LogP contribution < -0.4 is 14.4 Å². The highest BCUT2D eigenvalue weighted by molar-refractivity contribution is 7.92. The third-order valence-corrected chi connectivity index (χ3v) is 7.06. The molecule has 1 aliphatic heterocycles. The molecule has 3 aromatic carbocycles. The van der Waals surface area contributed by atoms with Crippen LogP contribution in [0.2, 0.25) is 10.0 Å². The van der Waals surface area contributed by atoms with E-state index >= 15 is 0 Å². The number of sulfonamides is 1. The van der Waals surface area contributed by atoms with Crippen LogP contribution in [0.15, 0.2) is 71.6 Å². The number of hydrogen-bond donors (Lipinski definition) is 1. The van der Waals surface area contributed by atoms with Gasteiger partial charge in [0.2, 0.25) is 0 Å². The summed E-state index contributed by atoms with van der Waals surface area (Å²) in [6.45, 7) is 1.77. The predicted octanol–water partition coefficient (Wildman–Crippen LogP) is 5.15. The molecule has 1 aliphatic rings. The van der Waals surface area contributed by atoms with Crippen molar-refractivity contribution in [3.63, 3.8) is 0 Å². The van der Waals surface area contributed by atoms with Crippen LogP contribution in [0.3, 0.4) is 0 Å². The van der Waals surface area contributed by atoms with Gasteiger partial charge >= 0.3 is 0 Å². The van der Waals surface area contributed by atoms with Gasteiger partial charge < -0.3 is 9.64 Å². The van der Waals surface area contributed by atoms with Crippen LogP contribution in [0.1, 0.15) is 12.5 Å². The number of ether oxygens (including phenoxy) is 1. The van der Waals surface area contributed by atoms with E-state index in [1.807, 2.05) is 31.2 Å². The molecule has 0 spiro atoms. The number of nitrogens with zero attached hydrogens (tertiary/aromatic N) is 1. The molecule has 0 saturated heterocycles. The molecule has 0 aromatic heterocycles. The lowest BCUT2D eigenvalue weighted by atomic mass is 10.1. The van der Waals surface area contributed by atoms with Crippen LogP contribution in [-0.2, 0) is 21.2 Å². The minimum atomic E-state index is -3.86. The summed E-state index contributed by atoms with van der Waals surface area (Å²) >= 11 is 12.1. The SMILES string of the molecule is CC1Cc2ccccc2N1C(=O)COc1ccc(S(=O)(=O)Nc2ccc(Cl)cc2)cc1Cl. The van der Waals surface area contributed by atoms with Crippen molar-refractivity contribution in [2.45, 2.75) is 24.3 Å². The average Bonchev–Trinajstić information content (AvgIpc) is 3.10. The summed E-state index contributed by atoms with van der Waals surface area (Å²) in [5.41, 5.74) is 2.38. The highest BCUT2D eigenvalue weighted by atomic mass is 35.5. The Bertz CT molecular complexity index is 1260. The van der Waals surface area contributed by atoms with Gasteiger partial charge in [-0.25, -0.2) is 8.42 Å². The topological polar surface area (TPSA) is 75.7 Å². The van der Waals surface area contributed by atoms with Crippen LogP contribution in [0.25, 0.3) is 0 Å². The zero-order chi connectivity index (χ0) is 22.9. The lowest BCUT2D eigenvalue weighted by molar-refractivity contribution is -0.120. The molecule has 0 saturated carbocycles. The second-order valence-electron chi connectivity index (χ2n) is 7.44. The summed E-state index contributed by atoms with van der Waals surface area (Å²) in [7, 11) is -3.86. The molecule has 6 nitrogen and oxygen atoms in total. The maximum Gasteiger partial charge on any atom is 0.265 e. The van der Waals surface area contributed by atoms with Crippen LogP contribution >= 0.6 is 23.2 Å². The van der Waals surface area contributed by atoms with Crippen molar-refractivity contribution in [3.8, 4) is 5.75 Å². The number of rotatable bonds is 6. The van der Waals surface area contributed by atoms with E-state index in [2.05, 4.69) is 4.72 Å². The Hall–Kier alpha value is -2.74. The van der Waals surface area contributed by atoms with E-state index in [0.29, 0.717) is 10.7 Å². The molecule has 32 heavy (non-hydrogen) atoms. The van der Waals surface area contributed by atoms with Gasteiger partial charge in [0.05, 0.1) is 9.92 Å². The van der Waals surface area contributed by atoms with Crippen molar-refractivity contribution in [2.24, 2.45) is 0 Å². The second kappa shape index (κ2) is 9.02. The summed E-state index contributed by atoms with van der Waals surface area (Å²) in [5.74, 6) is 0.0326. The molecule has 1 N–H and O–H groups in total. The first-order valence-electron chi connectivity index (χ1n) is 9.85. The Morgan fingerprint density at radius 3 is 2.53 bits per heavy atom. The van der Waals surface area contributed by atoms with Crippen LogP contribution in [-0.4, -0.2) is 27.0 Å². The summed E-state index contributed by atoms with van der Waals surface area (Å²) < 4.78 is 33.4. The molecule has 0 bridgehead atoms. The van der Waals surface area contributed by atoms with E-state index in [4.69, 9.17) is 27.9 Å². The Labute approximate surface area is 196 Å². The largest absolute Gasteiger partial charge is 0.482 e. The van der Waals surface area contributed by atoms with Gasteiger partial charge in [0.1, 0.15) is 5.75 Å². The minimum absolute atomic E-state index is 0.0294. The number of carbonyl (C=O) groups excluding carboxylic acids is 1. The Balaban J connectivity index is 1.45. The maximum atomic E-state index is 12.8. The smallest absolute Gasteiger partial charge is 0.265 e. The van der Waals surface area contributed by atoms with E-state index in [1.54, 1.807) is 29.2 Å². The van der Waals surface area contributed by atoms with E-state index in [1.165, 1.54) is 18.2 Å². The fourth-order valence-electron chi connectivity index (χ4n) is 3.65. The van der Waals surface area contributed by atoms with Crippen molar-refractivity contribution in [1.82, 2.24) is 0 Å². The zero-order valence-corrected chi connectivity index (χ0v) is 19.4. The number of carbonyl (C=O) groups is 1. The minimum Gasteiger partial charge on any atom is -0.482 e. The summed E-state index contributed by atoms with van der Waals surface area (Å²) in [6.07, 6.45) is 0.788. The number of fused-ring (bicyclic) bond motifs is 1. The summed E-state index contributed by atoms with van der Waals surface area (Å²) in [6, 6.07) is 18.2. The quantitative estimate of drug-likeness (QED) is 0.518. The Kier molecular flexibility index (Phi) is 6.33. The lowest BCUT2D eigenvalue weighted by Crippen LogP contribution is -2.39. The number of nitrogens with one attached hydrogen (secondary N) is 1. The van der Waals surface area contributed by atoms with Crippen molar-refractivity contribution in [1.29, 1.82) is 0 Å². The standard InChI is InChI=1S/C23H20Cl2N2O4S/c1-15-12-16-4-2-3-5-21(16)27(15)23(28)14-31-22-11-10-19(13-20(22)25)32(29,30)26-18-8-6-17(24)7-9-18/h2-11,13,15,26H,12,14H2,1H3. The number of halogens is 2. The summed E-state index contributed by atoms with van der Waals surface area (Å²) in [4.78, 5) is 14.5. The van der Waals surface area contributed by atoms with E-state index < -0.39 is 10.0 Å². The predicted molar refractivity (Wildman–Crippen MR) is 126 cm³/mol. The number of para-hydroxylation sites is 1. The number of anilines is 2. The molecule has 0 radical (unpaired) electrons. The van der Waals surface area contributed by atoms with Gasteiger partial charge in [0.25, 0.3) is 15.9 Å². The van der Waals surface area contributed by atoms with Crippen molar-refractivity contribution >= 4 is 50.5 Å². The normalized spacial score (nSPS) is 15.3. The highest BCUT2D eigenvalue weighted by Gasteiger charge is 2.30. The summed E-state index contributed by atoms with van der Waals surface area (Å²) in [5, 5.41) is 0.588. The molecular weight excluding hydrogens is 471 g/mol. The van der Waals surface area contributed by atoms with E-state index in [9.17, 15) is 13.2 Å². The molecule has 0 fully saturated rings. The average molecular weight is 491 g/mol. The van der Waals surface area contributed by atoms with Crippen LogP contribution in [0.4, 0.5) is 11.4 Å². The first-order valence-corrected chi connectivity index (χ1v) is 12.1. The monoisotopic (exact) mass is 490 g/mol. The number of hydrogen-bond acceptors (Lipinski definition) is 4. The highest BCUT2D eigenvalue weighted by Crippen LogP contribution is 2.33. The van der Waals surface area contributed by atoms with Crippen LogP contribution in [0.5, 0.6) is 5.75 Å². The van der Waals surface area contributed by atoms with Gasteiger partial charge in [-0.2, -0.15) is 0 Å². The molecule has 9 heteroatoms. The van der Waals surface area contributed by atoms with Gasteiger partial charge in [-0.15, -0.1) is 0 Å². The molecule has 1 unspecified atom stereocenters. The molecule has 1 amide bonds. The van der Waals surface area contributed by atoms with Gasteiger partial charge in [-0.1, -0.05) is 41.4 Å². The van der Waals surface area contributed by atoms with Crippen molar-refractivity contribution in [2.75, 3.05) is 16.2 Å². The maximum absolute atomic E-state index is 12.8. The fourth-order valence-corrected chi connectivity index (χ4v) is 5.16. The van der Waals surface area contributed by atoms with Gasteiger partial charge in [0, 0.05) is 22.4 Å². The third kappa shape index (κ3) is 4.70. The van der Waals surface area contributed by atoms with Gasteiger partial charge in [-0.05, 0) is 67.4 Å². The molecule has 4 rings (SSSR count).